The van der Waals surface area contributed by atoms with Gasteiger partial charge in [-0.3, -0.25) is 0 Å². The number of ether oxygens (including phenoxy) is 1. The van der Waals surface area contributed by atoms with Gasteiger partial charge in [-0.2, -0.15) is 0 Å². The van der Waals surface area contributed by atoms with Crippen LogP contribution in [0, 0.1) is 0 Å². The molecule has 1 saturated heterocycles. The second kappa shape index (κ2) is 7.36. The fourth-order valence-electron chi connectivity index (χ4n) is 2.47. The number of likely N-dealkylation sites (tertiary alicyclic amines) is 1. The molecule has 0 radical (unpaired) electrons. The number of aliphatic hydroxyl groups excluding tert-OH is 1. The van der Waals surface area contributed by atoms with Crippen LogP contribution in [0.5, 0.6) is 5.75 Å². The average molecular weight is 264 g/mol. The molecule has 0 bridgehead atoms. The molecule has 0 spiro atoms. The zero-order valence-corrected chi connectivity index (χ0v) is 11.4. The monoisotopic (exact) mass is 264 g/mol. The Morgan fingerprint density at radius 2 is 1.84 bits per heavy atom. The molecule has 1 aliphatic rings. The van der Waals surface area contributed by atoms with Crippen LogP contribution in [-0.4, -0.2) is 42.4 Å². The number of nitrogens with two attached hydrogens (primary N) is 1. The molecule has 1 aliphatic heterocycles. The fourth-order valence-corrected chi connectivity index (χ4v) is 2.47. The Kier molecular flexibility index (Phi) is 5.48. The molecule has 106 valence electrons. The van der Waals surface area contributed by atoms with E-state index < -0.39 is 6.10 Å². The predicted octanol–water partition coefficient (Wildman–Crippen LogP) is 1.88. The second-order valence-electron chi connectivity index (χ2n) is 5.22. The lowest BCUT2D eigenvalue weighted by Gasteiger charge is -2.23. The zero-order valence-electron chi connectivity index (χ0n) is 11.4. The number of hydrogen-bond acceptors (Lipinski definition) is 4. The lowest BCUT2D eigenvalue weighted by molar-refractivity contribution is 0.0696. The summed E-state index contributed by atoms with van der Waals surface area (Å²) in [6.07, 6.45) is 4.63. The van der Waals surface area contributed by atoms with Gasteiger partial charge >= 0.3 is 0 Å². The lowest BCUT2D eigenvalue weighted by Crippen LogP contribution is -2.36. The molecule has 0 saturated carbocycles. The van der Waals surface area contributed by atoms with E-state index in [0.29, 0.717) is 24.6 Å². The van der Waals surface area contributed by atoms with Crippen molar-refractivity contribution < 1.29 is 9.84 Å². The van der Waals surface area contributed by atoms with Crippen LogP contribution in [0.25, 0.3) is 0 Å². The number of rotatable bonds is 5. The van der Waals surface area contributed by atoms with Gasteiger partial charge in [-0.05, 0) is 38.1 Å². The second-order valence-corrected chi connectivity index (χ2v) is 5.22. The van der Waals surface area contributed by atoms with Gasteiger partial charge in [0, 0.05) is 6.54 Å². The average Bonchev–Trinajstić information content (AvgIpc) is 2.66. The van der Waals surface area contributed by atoms with E-state index in [0.717, 1.165) is 13.1 Å². The normalized spacial score (nSPS) is 18.8. The Morgan fingerprint density at radius 1 is 1.16 bits per heavy atom. The number of nitrogens with zero attached hydrogens (tertiary/aromatic N) is 1. The maximum absolute atomic E-state index is 10.0. The number of β-amino-alcohol motifs (C(OH)–C–C–N with tert-alkyl or cyclic N) is 1. The molecule has 19 heavy (non-hydrogen) atoms. The minimum atomic E-state index is -0.460. The van der Waals surface area contributed by atoms with E-state index in [4.69, 9.17) is 10.5 Å². The standard InChI is InChI=1S/C15H24N2O2/c16-14-7-3-4-8-15(14)19-12-13(18)11-17-9-5-1-2-6-10-17/h3-4,7-8,13,18H,1-2,5-6,9-12,16H2. The SMILES string of the molecule is Nc1ccccc1OCC(O)CN1CCCCCC1. The summed E-state index contributed by atoms with van der Waals surface area (Å²) in [6, 6.07) is 7.38. The number of hydrogen-bond donors (Lipinski definition) is 2. The highest BCUT2D eigenvalue weighted by molar-refractivity contribution is 5.51. The quantitative estimate of drug-likeness (QED) is 0.797. The van der Waals surface area contributed by atoms with E-state index in [9.17, 15) is 5.11 Å². The molecule has 0 aromatic heterocycles. The van der Waals surface area contributed by atoms with Gasteiger partial charge in [0.05, 0.1) is 5.69 Å². The molecule has 1 atom stereocenters. The molecular formula is C15H24N2O2. The van der Waals surface area contributed by atoms with Gasteiger partial charge in [0.25, 0.3) is 0 Å². The first kappa shape index (κ1) is 14.2. The van der Waals surface area contributed by atoms with Gasteiger partial charge in [0.15, 0.2) is 0 Å². The predicted molar refractivity (Wildman–Crippen MR) is 77.3 cm³/mol. The Labute approximate surface area is 115 Å². The number of aliphatic hydroxyl groups is 1. The maximum atomic E-state index is 10.0. The molecule has 2 rings (SSSR count). The molecule has 4 heteroatoms. The molecule has 1 heterocycles. The van der Waals surface area contributed by atoms with Crippen LogP contribution in [0.1, 0.15) is 25.7 Å². The van der Waals surface area contributed by atoms with E-state index >= 15 is 0 Å². The van der Waals surface area contributed by atoms with Gasteiger partial charge in [-0.25, -0.2) is 0 Å². The maximum Gasteiger partial charge on any atom is 0.142 e. The van der Waals surface area contributed by atoms with Gasteiger partial charge in [0.2, 0.25) is 0 Å². The number of benzene rings is 1. The van der Waals surface area contributed by atoms with Crippen molar-refractivity contribution in [1.29, 1.82) is 0 Å². The van der Waals surface area contributed by atoms with Crippen molar-refractivity contribution in [2.75, 3.05) is 32.0 Å². The number of para-hydroxylation sites is 2. The highest BCUT2D eigenvalue weighted by Gasteiger charge is 2.14. The molecule has 4 nitrogen and oxygen atoms in total. The van der Waals surface area contributed by atoms with E-state index in [2.05, 4.69) is 4.90 Å². The van der Waals surface area contributed by atoms with Crippen LogP contribution in [0.3, 0.4) is 0 Å². The van der Waals surface area contributed by atoms with E-state index in [1.54, 1.807) is 6.07 Å². The number of nitrogen functional groups attached to an aromatic ring is 1. The summed E-state index contributed by atoms with van der Waals surface area (Å²) in [5.41, 5.74) is 6.41. The summed E-state index contributed by atoms with van der Waals surface area (Å²) < 4.78 is 5.57. The van der Waals surface area contributed by atoms with Gasteiger partial charge in [-0.1, -0.05) is 25.0 Å². The third kappa shape index (κ3) is 4.73. The molecule has 1 aromatic carbocycles. The summed E-state index contributed by atoms with van der Waals surface area (Å²) in [7, 11) is 0. The van der Waals surface area contributed by atoms with Crippen molar-refractivity contribution in [2.24, 2.45) is 0 Å². The Bertz CT molecular complexity index is 376. The summed E-state index contributed by atoms with van der Waals surface area (Å²) in [5.74, 6) is 0.650. The van der Waals surface area contributed by atoms with Crippen LogP contribution in [0.2, 0.25) is 0 Å². The largest absolute Gasteiger partial charge is 0.489 e. The van der Waals surface area contributed by atoms with E-state index in [1.165, 1.54) is 25.7 Å². The number of anilines is 1. The van der Waals surface area contributed by atoms with Crippen LogP contribution in [0.4, 0.5) is 5.69 Å². The van der Waals surface area contributed by atoms with Crippen molar-refractivity contribution in [2.45, 2.75) is 31.8 Å². The molecule has 0 aliphatic carbocycles. The Hall–Kier alpha value is -1.26. The molecule has 1 unspecified atom stereocenters. The van der Waals surface area contributed by atoms with Gasteiger partial charge in [-0.15, -0.1) is 0 Å². The molecular weight excluding hydrogens is 240 g/mol. The third-order valence-electron chi connectivity index (χ3n) is 3.52. The molecule has 1 fully saturated rings. The smallest absolute Gasteiger partial charge is 0.142 e. The van der Waals surface area contributed by atoms with Crippen LogP contribution >= 0.6 is 0 Å². The van der Waals surface area contributed by atoms with Crippen molar-refractivity contribution in [3.63, 3.8) is 0 Å². The molecule has 0 amide bonds. The highest BCUT2D eigenvalue weighted by Crippen LogP contribution is 2.20. The van der Waals surface area contributed by atoms with Crippen LogP contribution < -0.4 is 10.5 Å². The minimum Gasteiger partial charge on any atom is -0.489 e. The van der Waals surface area contributed by atoms with Crippen LogP contribution in [0.15, 0.2) is 24.3 Å². The fraction of sp³-hybridized carbons (Fsp3) is 0.600. The highest BCUT2D eigenvalue weighted by atomic mass is 16.5. The lowest BCUT2D eigenvalue weighted by atomic mass is 10.2. The van der Waals surface area contributed by atoms with Crippen molar-refractivity contribution >= 4 is 5.69 Å². The Balaban J connectivity index is 1.74. The summed E-state index contributed by atoms with van der Waals surface area (Å²) in [5, 5.41) is 10.0. The summed E-state index contributed by atoms with van der Waals surface area (Å²) >= 11 is 0. The molecule has 1 aromatic rings. The first-order valence-corrected chi connectivity index (χ1v) is 7.13. The van der Waals surface area contributed by atoms with Crippen molar-refractivity contribution in [3.05, 3.63) is 24.3 Å². The summed E-state index contributed by atoms with van der Waals surface area (Å²) in [6.45, 7) is 3.16. The van der Waals surface area contributed by atoms with Gasteiger partial charge < -0.3 is 20.5 Å². The van der Waals surface area contributed by atoms with Gasteiger partial charge in [0.1, 0.15) is 18.5 Å². The zero-order chi connectivity index (χ0) is 13.5. The van der Waals surface area contributed by atoms with Crippen LogP contribution in [-0.2, 0) is 0 Å². The van der Waals surface area contributed by atoms with Crippen molar-refractivity contribution in [1.82, 2.24) is 4.90 Å². The minimum absolute atomic E-state index is 0.296. The first-order valence-electron chi connectivity index (χ1n) is 7.13. The third-order valence-corrected chi connectivity index (χ3v) is 3.52. The summed E-state index contributed by atoms with van der Waals surface area (Å²) in [4.78, 5) is 2.33. The molecule has 3 N–H and O–H groups in total. The topological polar surface area (TPSA) is 58.7 Å². The first-order chi connectivity index (χ1) is 9.25. The Morgan fingerprint density at radius 3 is 2.53 bits per heavy atom. The van der Waals surface area contributed by atoms with E-state index in [-0.39, 0.29) is 0 Å². The van der Waals surface area contributed by atoms with Crippen molar-refractivity contribution in [3.8, 4) is 5.75 Å². The van der Waals surface area contributed by atoms with E-state index in [1.807, 2.05) is 18.2 Å².